The SMILES string of the molecule is Cc1noc(C)c1S(=O)(=O)N1CCC[C@@H](C(=O)Nc2ccc(C)c3cn[nH]c23)C1. The Hall–Kier alpha value is -2.72. The normalized spacial score (nSPS) is 18.2. The highest BCUT2D eigenvalue weighted by molar-refractivity contribution is 7.89. The molecule has 29 heavy (non-hydrogen) atoms. The van der Waals surface area contributed by atoms with Gasteiger partial charge in [0.25, 0.3) is 0 Å². The maximum Gasteiger partial charge on any atom is 0.248 e. The van der Waals surface area contributed by atoms with Crippen LogP contribution in [0.4, 0.5) is 5.69 Å². The number of H-pyrrole nitrogens is 1. The molecular weight excluding hydrogens is 394 g/mol. The third kappa shape index (κ3) is 3.42. The van der Waals surface area contributed by atoms with Crippen LogP contribution in [0.25, 0.3) is 10.9 Å². The van der Waals surface area contributed by atoms with Crippen molar-refractivity contribution in [1.82, 2.24) is 19.7 Å². The Bertz CT molecular complexity index is 1160. The number of hydrogen-bond donors (Lipinski definition) is 2. The van der Waals surface area contributed by atoms with Crippen LogP contribution in [0, 0.1) is 26.7 Å². The van der Waals surface area contributed by atoms with Crippen molar-refractivity contribution in [1.29, 1.82) is 0 Å². The summed E-state index contributed by atoms with van der Waals surface area (Å²) in [5, 5.41) is 14.6. The first kappa shape index (κ1) is 19.6. The number of benzene rings is 1. The second-order valence-corrected chi connectivity index (χ2v) is 9.31. The molecule has 3 heterocycles. The molecule has 2 N–H and O–H groups in total. The summed E-state index contributed by atoms with van der Waals surface area (Å²) in [4.78, 5) is 13.0. The predicted molar refractivity (Wildman–Crippen MR) is 107 cm³/mol. The molecule has 0 unspecified atom stereocenters. The van der Waals surface area contributed by atoms with Crippen molar-refractivity contribution in [2.75, 3.05) is 18.4 Å². The van der Waals surface area contributed by atoms with Crippen molar-refractivity contribution in [3.05, 3.63) is 35.3 Å². The second-order valence-electron chi connectivity index (χ2n) is 7.43. The number of nitrogens with one attached hydrogen (secondary N) is 2. The minimum Gasteiger partial charge on any atom is -0.360 e. The molecule has 1 saturated heterocycles. The van der Waals surface area contributed by atoms with Crippen LogP contribution in [-0.4, -0.2) is 47.1 Å². The molecule has 0 radical (unpaired) electrons. The molecule has 4 rings (SSSR count). The van der Waals surface area contributed by atoms with Gasteiger partial charge in [0.2, 0.25) is 15.9 Å². The molecule has 3 aromatic rings. The number of aryl methyl sites for hydroxylation is 3. The van der Waals surface area contributed by atoms with Gasteiger partial charge in [-0.1, -0.05) is 11.2 Å². The number of rotatable bonds is 4. The summed E-state index contributed by atoms with van der Waals surface area (Å²) in [6, 6.07) is 3.75. The van der Waals surface area contributed by atoms with E-state index in [0.29, 0.717) is 30.8 Å². The number of aromatic nitrogens is 3. The minimum absolute atomic E-state index is 0.0938. The van der Waals surface area contributed by atoms with Gasteiger partial charge >= 0.3 is 0 Å². The number of amides is 1. The zero-order valence-corrected chi connectivity index (χ0v) is 17.3. The number of aromatic amines is 1. The van der Waals surface area contributed by atoms with E-state index in [1.54, 1.807) is 20.0 Å². The molecule has 1 fully saturated rings. The van der Waals surface area contributed by atoms with Crippen LogP contribution in [0.1, 0.15) is 29.9 Å². The van der Waals surface area contributed by atoms with E-state index in [1.165, 1.54) is 4.31 Å². The van der Waals surface area contributed by atoms with E-state index in [2.05, 4.69) is 20.7 Å². The summed E-state index contributed by atoms with van der Waals surface area (Å²) < 4.78 is 32.5. The quantitative estimate of drug-likeness (QED) is 0.673. The fourth-order valence-corrected chi connectivity index (χ4v) is 5.67. The first-order chi connectivity index (χ1) is 13.8. The third-order valence-corrected chi connectivity index (χ3v) is 7.52. The first-order valence-electron chi connectivity index (χ1n) is 9.45. The standard InChI is InChI=1S/C19H23N5O4S/c1-11-6-7-16(17-15(11)9-20-22-17)21-19(25)14-5-4-8-24(10-14)29(26,27)18-12(2)23-28-13(18)3/h6-7,9,14H,4-5,8,10H2,1-3H3,(H,20,22)(H,21,25)/t14-/m1/s1. The van der Waals surface area contributed by atoms with Crippen LogP contribution < -0.4 is 5.32 Å². The van der Waals surface area contributed by atoms with Gasteiger partial charge in [-0.3, -0.25) is 9.89 Å². The van der Waals surface area contributed by atoms with E-state index in [-0.39, 0.29) is 23.1 Å². The average Bonchev–Trinajstić information content (AvgIpc) is 3.32. The van der Waals surface area contributed by atoms with Gasteiger partial charge in [-0.25, -0.2) is 8.42 Å². The smallest absolute Gasteiger partial charge is 0.248 e. The van der Waals surface area contributed by atoms with Crippen LogP contribution >= 0.6 is 0 Å². The molecule has 0 spiro atoms. The molecule has 1 atom stereocenters. The van der Waals surface area contributed by atoms with E-state index in [1.807, 2.05) is 19.1 Å². The Kier molecular flexibility index (Phi) is 4.91. The summed E-state index contributed by atoms with van der Waals surface area (Å²) >= 11 is 0. The van der Waals surface area contributed by atoms with E-state index in [4.69, 9.17) is 4.52 Å². The van der Waals surface area contributed by atoms with E-state index in [9.17, 15) is 13.2 Å². The van der Waals surface area contributed by atoms with Gasteiger partial charge < -0.3 is 9.84 Å². The topological polar surface area (TPSA) is 121 Å². The maximum absolute atomic E-state index is 13.1. The molecule has 2 aromatic heterocycles. The van der Waals surface area contributed by atoms with Gasteiger partial charge in [0.1, 0.15) is 10.6 Å². The Labute approximate surface area is 168 Å². The predicted octanol–water partition coefficient (Wildman–Crippen LogP) is 2.52. The lowest BCUT2D eigenvalue weighted by molar-refractivity contribution is -0.120. The Morgan fingerprint density at radius 2 is 2.10 bits per heavy atom. The number of carbonyl (C=O) groups excluding carboxylic acids is 1. The number of hydrogen-bond acceptors (Lipinski definition) is 6. The molecule has 1 aliphatic rings. The fourth-order valence-electron chi connectivity index (χ4n) is 3.86. The lowest BCUT2D eigenvalue weighted by Gasteiger charge is -2.31. The number of anilines is 1. The zero-order chi connectivity index (χ0) is 20.8. The van der Waals surface area contributed by atoms with Crippen LogP contribution in [-0.2, 0) is 14.8 Å². The van der Waals surface area contributed by atoms with Gasteiger partial charge in [0.05, 0.1) is 23.3 Å². The highest BCUT2D eigenvalue weighted by atomic mass is 32.2. The van der Waals surface area contributed by atoms with Crippen molar-refractivity contribution in [2.24, 2.45) is 5.92 Å². The number of sulfonamides is 1. The molecule has 1 aliphatic heterocycles. The van der Waals surface area contributed by atoms with Gasteiger partial charge in [0.15, 0.2) is 5.76 Å². The Morgan fingerprint density at radius 3 is 2.83 bits per heavy atom. The fraction of sp³-hybridized carbons (Fsp3) is 0.421. The van der Waals surface area contributed by atoms with E-state index in [0.717, 1.165) is 16.5 Å². The molecule has 1 amide bonds. The Morgan fingerprint density at radius 1 is 1.31 bits per heavy atom. The van der Waals surface area contributed by atoms with Gasteiger partial charge in [-0.2, -0.15) is 9.40 Å². The van der Waals surface area contributed by atoms with Crippen LogP contribution in [0.5, 0.6) is 0 Å². The van der Waals surface area contributed by atoms with Crippen molar-refractivity contribution in [3.8, 4) is 0 Å². The third-order valence-electron chi connectivity index (χ3n) is 5.41. The number of carbonyl (C=O) groups is 1. The summed E-state index contributed by atoms with van der Waals surface area (Å²) in [6.07, 6.45) is 2.95. The first-order valence-corrected chi connectivity index (χ1v) is 10.9. The largest absolute Gasteiger partial charge is 0.360 e. The molecule has 154 valence electrons. The number of fused-ring (bicyclic) bond motifs is 1. The Balaban J connectivity index is 1.54. The highest BCUT2D eigenvalue weighted by Gasteiger charge is 2.36. The van der Waals surface area contributed by atoms with Gasteiger partial charge in [0, 0.05) is 18.5 Å². The minimum atomic E-state index is -3.77. The van der Waals surface area contributed by atoms with Crippen molar-refractivity contribution >= 4 is 32.5 Å². The molecule has 1 aromatic carbocycles. The number of nitrogens with zero attached hydrogens (tertiary/aromatic N) is 3. The van der Waals surface area contributed by atoms with Crippen LogP contribution in [0.3, 0.4) is 0 Å². The monoisotopic (exact) mass is 417 g/mol. The van der Waals surface area contributed by atoms with Gasteiger partial charge in [-0.15, -0.1) is 0 Å². The van der Waals surface area contributed by atoms with Crippen molar-refractivity contribution in [3.63, 3.8) is 0 Å². The van der Waals surface area contributed by atoms with Crippen molar-refractivity contribution < 1.29 is 17.7 Å². The molecule has 9 nitrogen and oxygen atoms in total. The lowest BCUT2D eigenvalue weighted by Crippen LogP contribution is -2.43. The summed E-state index contributed by atoms with van der Waals surface area (Å²) in [7, 11) is -3.77. The molecule has 0 aliphatic carbocycles. The lowest BCUT2D eigenvalue weighted by atomic mass is 9.98. The highest BCUT2D eigenvalue weighted by Crippen LogP contribution is 2.29. The average molecular weight is 417 g/mol. The van der Waals surface area contributed by atoms with Crippen LogP contribution in [0.15, 0.2) is 27.7 Å². The zero-order valence-electron chi connectivity index (χ0n) is 16.5. The van der Waals surface area contributed by atoms with E-state index < -0.39 is 15.9 Å². The van der Waals surface area contributed by atoms with Gasteiger partial charge in [-0.05, 0) is 45.2 Å². The van der Waals surface area contributed by atoms with E-state index >= 15 is 0 Å². The van der Waals surface area contributed by atoms with Crippen LogP contribution in [0.2, 0.25) is 0 Å². The maximum atomic E-state index is 13.1. The number of piperidine rings is 1. The summed E-state index contributed by atoms with van der Waals surface area (Å²) in [5.74, 6) is -0.392. The molecular formula is C19H23N5O4S. The van der Waals surface area contributed by atoms with Crippen molar-refractivity contribution in [2.45, 2.75) is 38.5 Å². The summed E-state index contributed by atoms with van der Waals surface area (Å²) in [5.41, 5.74) is 2.78. The summed E-state index contributed by atoms with van der Waals surface area (Å²) in [6.45, 7) is 5.64. The second kappa shape index (κ2) is 7.27. The molecule has 0 bridgehead atoms. The molecule has 0 saturated carbocycles. The molecule has 10 heteroatoms.